The van der Waals surface area contributed by atoms with Crippen LogP contribution < -0.4 is 4.90 Å². The van der Waals surface area contributed by atoms with E-state index in [2.05, 4.69) is 181 Å². The molecule has 0 atom stereocenters. The fourth-order valence-corrected chi connectivity index (χ4v) is 10.1. The van der Waals surface area contributed by atoms with Crippen molar-refractivity contribution in [3.05, 3.63) is 176 Å². The average Bonchev–Trinajstić information content (AvgIpc) is 3.89. The molecule has 4 heteroatoms. The van der Waals surface area contributed by atoms with Gasteiger partial charge in [0.25, 0.3) is 0 Å². The number of anilines is 3. The molecule has 52 heavy (non-hydrogen) atoms. The summed E-state index contributed by atoms with van der Waals surface area (Å²) in [4.78, 5) is 2.38. The second kappa shape index (κ2) is 11.7. The second-order valence-electron chi connectivity index (χ2n) is 13.3. The lowest BCUT2D eigenvalue weighted by molar-refractivity contribution is 0.670. The summed E-state index contributed by atoms with van der Waals surface area (Å²) in [5.41, 5.74) is 9.71. The lowest BCUT2D eigenvalue weighted by atomic mass is 10.0. The minimum Gasteiger partial charge on any atom is -0.453 e. The van der Waals surface area contributed by atoms with E-state index < -0.39 is 0 Å². The van der Waals surface area contributed by atoms with Gasteiger partial charge in [-0.15, -0.1) is 22.7 Å². The van der Waals surface area contributed by atoms with Gasteiger partial charge in [-0.3, -0.25) is 0 Å². The molecule has 0 unspecified atom stereocenters. The molecule has 0 aliphatic heterocycles. The number of para-hydroxylation sites is 2. The highest BCUT2D eigenvalue weighted by molar-refractivity contribution is 7.26. The molecule has 0 saturated heterocycles. The molecular formula is C48H29NOS2. The van der Waals surface area contributed by atoms with Gasteiger partial charge in [-0.05, 0) is 59.2 Å². The third kappa shape index (κ3) is 4.62. The number of hydrogen-bond acceptors (Lipinski definition) is 4. The zero-order chi connectivity index (χ0) is 34.2. The lowest BCUT2D eigenvalue weighted by Gasteiger charge is -2.25. The van der Waals surface area contributed by atoms with Gasteiger partial charge in [0.2, 0.25) is 0 Å². The van der Waals surface area contributed by atoms with Crippen molar-refractivity contribution >= 4 is 102 Å². The third-order valence-electron chi connectivity index (χ3n) is 10.3. The Hall–Kier alpha value is -6.20. The Bertz CT molecular complexity index is 3130. The largest absolute Gasteiger partial charge is 0.453 e. The van der Waals surface area contributed by atoms with Crippen molar-refractivity contribution in [1.29, 1.82) is 0 Å². The topological polar surface area (TPSA) is 16.4 Å². The SMILES string of the molecule is c1ccc(-c2ccc3c(c2)sc2cc(N(c4ccc5c(c4)sc4ccccc45)c4cccc5c4oc4c(-c6ccccc6)cccc45)ccc23)cc1. The normalized spacial score (nSPS) is 11.8. The molecule has 0 spiro atoms. The number of rotatable bonds is 5. The lowest BCUT2D eigenvalue weighted by Crippen LogP contribution is -2.10. The van der Waals surface area contributed by atoms with Crippen molar-refractivity contribution in [3.63, 3.8) is 0 Å². The van der Waals surface area contributed by atoms with Crippen molar-refractivity contribution in [2.45, 2.75) is 0 Å². The second-order valence-corrected chi connectivity index (χ2v) is 15.4. The van der Waals surface area contributed by atoms with Gasteiger partial charge in [-0.2, -0.15) is 0 Å². The van der Waals surface area contributed by atoms with Gasteiger partial charge in [0.1, 0.15) is 5.58 Å². The van der Waals surface area contributed by atoms with Crippen LogP contribution in [0.4, 0.5) is 17.1 Å². The van der Waals surface area contributed by atoms with Gasteiger partial charge < -0.3 is 9.32 Å². The molecule has 11 rings (SSSR count). The van der Waals surface area contributed by atoms with Crippen LogP contribution in [0.25, 0.3) is 84.5 Å². The zero-order valence-electron chi connectivity index (χ0n) is 27.9. The predicted molar refractivity (Wildman–Crippen MR) is 225 cm³/mol. The summed E-state index contributed by atoms with van der Waals surface area (Å²) < 4.78 is 12.1. The maximum Gasteiger partial charge on any atom is 0.159 e. The molecule has 0 fully saturated rings. The van der Waals surface area contributed by atoms with Crippen LogP contribution in [-0.4, -0.2) is 0 Å². The highest BCUT2D eigenvalue weighted by Crippen LogP contribution is 2.47. The van der Waals surface area contributed by atoms with Gasteiger partial charge >= 0.3 is 0 Å². The molecule has 0 radical (unpaired) electrons. The maximum atomic E-state index is 6.98. The Morgan fingerprint density at radius 1 is 0.346 bits per heavy atom. The van der Waals surface area contributed by atoms with E-state index >= 15 is 0 Å². The van der Waals surface area contributed by atoms with Crippen molar-refractivity contribution in [1.82, 2.24) is 0 Å². The molecule has 2 nitrogen and oxygen atoms in total. The smallest absolute Gasteiger partial charge is 0.159 e. The number of thiophene rings is 2. The van der Waals surface area contributed by atoms with Crippen molar-refractivity contribution in [2.75, 3.05) is 4.90 Å². The van der Waals surface area contributed by atoms with Crippen LogP contribution in [-0.2, 0) is 0 Å². The van der Waals surface area contributed by atoms with E-state index in [0.717, 1.165) is 50.1 Å². The standard InChI is InChI=1S/C48H29NOS2/c1-3-11-30(12-4-1)32-21-24-37-39-26-23-34(29-46(39)52-44(37)27-32)49(33-22-25-38-36-15-7-8-20-43(36)51-45(38)28-33)42-19-10-18-41-40-17-9-16-35(47(40)50-48(41)42)31-13-5-2-6-14-31/h1-29H. The highest BCUT2D eigenvalue weighted by atomic mass is 32.1. The quantitative estimate of drug-likeness (QED) is 0.178. The van der Waals surface area contributed by atoms with Crippen LogP contribution in [0.5, 0.6) is 0 Å². The Balaban J connectivity index is 1.14. The summed E-state index contributed by atoms with van der Waals surface area (Å²) in [7, 11) is 0. The minimum atomic E-state index is 0.876. The molecule has 0 N–H and O–H groups in total. The van der Waals surface area contributed by atoms with E-state index in [0.29, 0.717) is 0 Å². The molecule has 0 aliphatic carbocycles. The van der Waals surface area contributed by atoms with E-state index in [4.69, 9.17) is 4.42 Å². The zero-order valence-corrected chi connectivity index (χ0v) is 29.5. The first-order chi connectivity index (χ1) is 25.8. The molecule has 244 valence electrons. The van der Waals surface area contributed by atoms with Gasteiger partial charge in [0.05, 0.1) is 5.69 Å². The number of nitrogens with zero attached hydrogens (tertiary/aromatic N) is 1. The highest BCUT2D eigenvalue weighted by Gasteiger charge is 2.22. The van der Waals surface area contributed by atoms with Crippen LogP contribution in [0.15, 0.2) is 180 Å². The summed E-state index contributed by atoms with van der Waals surface area (Å²) >= 11 is 3.70. The molecule has 3 aromatic heterocycles. The Morgan fingerprint density at radius 3 is 1.62 bits per heavy atom. The van der Waals surface area contributed by atoms with E-state index in [1.54, 1.807) is 0 Å². The first-order valence-corrected chi connectivity index (χ1v) is 19.1. The Labute approximate surface area is 308 Å². The summed E-state index contributed by atoms with van der Waals surface area (Å²) in [6.07, 6.45) is 0. The number of fused-ring (bicyclic) bond motifs is 9. The van der Waals surface area contributed by atoms with Crippen LogP contribution >= 0.6 is 22.7 Å². The number of benzene rings is 8. The Kier molecular flexibility index (Phi) is 6.63. The molecule has 8 aromatic carbocycles. The molecule has 0 bridgehead atoms. The average molecular weight is 700 g/mol. The van der Waals surface area contributed by atoms with Gasteiger partial charge in [0, 0.05) is 68.1 Å². The van der Waals surface area contributed by atoms with E-state index in [9.17, 15) is 0 Å². The Morgan fingerprint density at radius 2 is 0.885 bits per heavy atom. The van der Waals surface area contributed by atoms with Crippen molar-refractivity contribution < 1.29 is 4.42 Å². The summed E-state index contributed by atoms with van der Waals surface area (Å²) in [5, 5.41) is 7.37. The third-order valence-corrected chi connectivity index (χ3v) is 12.5. The van der Waals surface area contributed by atoms with Crippen LogP contribution in [0.1, 0.15) is 0 Å². The molecule has 0 saturated carbocycles. The monoisotopic (exact) mass is 699 g/mol. The summed E-state index contributed by atoms with van der Waals surface area (Å²) in [6.45, 7) is 0. The van der Waals surface area contributed by atoms with Crippen LogP contribution in [0.3, 0.4) is 0 Å². The number of hydrogen-bond donors (Lipinski definition) is 0. The summed E-state index contributed by atoms with van der Waals surface area (Å²) in [5.74, 6) is 0. The fourth-order valence-electron chi connectivity index (χ4n) is 7.82. The first-order valence-electron chi connectivity index (χ1n) is 17.5. The molecule has 3 heterocycles. The molecule has 11 aromatic rings. The van der Waals surface area contributed by atoms with Crippen LogP contribution in [0.2, 0.25) is 0 Å². The van der Waals surface area contributed by atoms with Crippen molar-refractivity contribution in [2.24, 2.45) is 0 Å². The van der Waals surface area contributed by atoms with E-state index in [1.165, 1.54) is 51.5 Å². The first kappa shape index (κ1) is 29.5. The summed E-state index contributed by atoms with van der Waals surface area (Å²) in [6, 6.07) is 63.6. The molecule has 0 amide bonds. The number of furan rings is 1. The van der Waals surface area contributed by atoms with Crippen LogP contribution in [0, 0.1) is 0 Å². The molecular weight excluding hydrogens is 671 g/mol. The van der Waals surface area contributed by atoms with E-state index in [-0.39, 0.29) is 0 Å². The van der Waals surface area contributed by atoms with Gasteiger partial charge in [0.15, 0.2) is 5.58 Å². The maximum absolute atomic E-state index is 6.98. The van der Waals surface area contributed by atoms with Gasteiger partial charge in [-0.25, -0.2) is 0 Å². The van der Waals surface area contributed by atoms with E-state index in [1.807, 2.05) is 22.7 Å². The van der Waals surface area contributed by atoms with Crippen molar-refractivity contribution in [3.8, 4) is 22.3 Å². The fraction of sp³-hybridized carbons (Fsp3) is 0. The minimum absolute atomic E-state index is 0.876. The predicted octanol–water partition coefficient (Wildman–Crippen LogP) is 15.1. The molecule has 0 aliphatic rings. The van der Waals surface area contributed by atoms with Gasteiger partial charge in [-0.1, -0.05) is 133 Å².